The Labute approximate surface area is 179 Å². The first kappa shape index (κ1) is 20.7. The van der Waals surface area contributed by atoms with Crippen LogP contribution in [0.15, 0.2) is 97.1 Å². The van der Waals surface area contributed by atoms with E-state index in [0.717, 1.165) is 51.9 Å². The molecule has 4 heteroatoms. The first-order chi connectivity index (χ1) is 14.9. The van der Waals surface area contributed by atoms with Crippen LogP contribution in [0.1, 0.15) is 16.7 Å². The molecule has 0 saturated heterocycles. The number of halogens is 3. The molecule has 0 heterocycles. The van der Waals surface area contributed by atoms with Crippen molar-refractivity contribution in [3.05, 3.63) is 114 Å². The molecule has 4 rings (SSSR count). The van der Waals surface area contributed by atoms with E-state index < -0.39 is 11.7 Å². The summed E-state index contributed by atoms with van der Waals surface area (Å²) in [7, 11) is 0. The van der Waals surface area contributed by atoms with Gasteiger partial charge in [-0.2, -0.15) is 13.2 Å². The van der Waals surface area contributed by atoms with Crippen LogP contribution in [0.4, 0.5) is 13.2 Å². The van der Waals surface area contributed by atoms with E-state index in [1.54, 1.807) is 24.3 Å². The molecule has 0 saturated carbocycles. The zero-order valence-corrected chi connectivity index (χ0v) is 16.7. The second-order valence-electron chi connectivity index (χ2n) is 7.52. The molecule has 0 aliphatic rings. The molecule has 0 fully saturated rings. The van der Waals surface area contributed by atoms with Crippen LogP contribution in [0, 0.1) is 0 Å². The molecule has 0 aromatic heterocycles. The van der Waals surface area contributed by atoms with E-state index in [9.17, 15) is 18.3 Å². The Hall–Kier alpha value is -3.53. The summed E-state index contributed by atoms with van der Waals surface area (Å²) in [5.41, 5.74) is 5.71. The molecule has 0 amide bonds. The summed E-state index contributed by atoms with van der Waals surface area (Å²) in [6.07, 6.45) is -2.86. The monoisotopic (exact) mass is 418 g/mol. The van der Waals surface area contributed by atoms with Crippen molar-refractivity contribution in [1.82, 2.24) is 0 Å². The second-order valence-corrected chi connectivity index (χ2v) is 7.52. The number of rotatable bonds is 5. The molecule has 1 N–H and O–H groups in total. The highest BCUT2D eigenvalue weighted by atomic mass is 19.4. The molecule has 0 aliphatic heterocycles. The number of phenols is 1. The second kappa shape index (κ2) is 8.68. The normalized spacial score (nSPS) is 11.5. The fraction of sp³-hybridized carbons (Fsp3) is 0.111. The smallest absolute Gasteiger partial charge is 0.416 e. The summed E-state index contributed by atoms with van der Waals surface area (Å²) in [6.45, 7) is 0. The van der Waals surface area contributed by atoms with Gasteiger partial charge in [-0.05, 0) is 70.5 Å². The number of benzene rings is 4. The van der Waals surface area contributed by atoms with Gasteiger partial charge in [-0.25, -0.2) is 0 Å². The van der Waals surface area contributed by atoms with Crippen molar-refractivity contribution >= 4 is 0 Å². The lowest BCUT2D eigenvalue weighted by atomic mass is 9.97. The largest absolute Gasteiger partial charge is 0.508 e. The van der Waals surface area contributed by atoms with Gasteiger partial charge in [0, 0.05) is 0 Å². The van der Waals surface area contributed by atoms with E-state index in [2.05, 4.69) is 36.4 Å². The minimum atomic E-state index is -4.30. The maximum Gasteiger partial charge on any atom is 0.416 e. The van der Waals surface area contributed by atoms with Gasteiger partial charge >= 0.3 is 6.18 Å². The summed E-state index contributed by atoms with van der Waals surface area (Å²) in [6, 6.07) is 28.9. The van der Waals surface area contributed by atoms with Crippen LogP contribution in [0.25, 0.3) is 22.3 Å². The Morgan fingerprint density at radius 2 is 1.06 bits per heavy atom. The third-order valence-electron chi connectivity index (χ3n) is 5.33. The van der Waals surface area contributed by atoms with E-state index in [0.29, 0.717) is 6.42 Å². The average molecular weight is 418 g/mol. The Balaban J connectivity index is 1.45. The number of hydrogen-bond acceptors (Lipinski definition) is 1. The molecular weight excluding hydrogens is 397 g/mol. The minimum absolute atomic E-state index is 0.244. The van der Waals surface area contributed by atoms with E-state index in [4.69, 9.17) is 0 Å². The van der Waals surface area contributed by atoms with Crippen molar-refractivity contribution in [1.29, 1.82) is 0 Å². The van der Waals surface area contributed by atoms with Crippen molar-refractivity contribution in [3.8, 4) is 28.0 Å². The number of phenolic OH excluding ortho intramolecular Hbond substituents is 1. The number of hydrogen-bond donors (Lipinski definition) is 1. The lowest BCUT2D eigenvalue weighted by Gasteiger charge is -2.09. The molecule has 156 valence electrons. The third kappa shape index (κ3) is 5.15. The Kier molecular flexibility index (Phi) is 5.81. The van der Waals surface area contributed by atoms with Crippen molar-refractivity contribution < 1.29 is 18.3 Å². The standard InChI is InChI=1S/C27H21F3O/c28-27(29,30)25-14-6-19(7-15-25)4-5-20-2-1-3-24(18-20)23-10-8-21(9-11-23)22-12-16-26(31)17-13-22/h1-3,6-18,31H,4-5H2. The zero-order valence-electron chi connectivity index (χ0n) is 16.7. The number of aryl methyl sites for hydroxylation is 2. The summed E-state index contributed by atoms with van der Waals surface area (Å²) in [4.78, 5) is 0. The maximum atomic E-state index is 12.7. The van der Waals surface area contributed by atoms with E-state index >= 15 is 0 Å². The summed E-state index contributed by atoms with van der Waals surface area (Å²) in [5.74, 6) is 0.244. The fourth-order valence-electron chi connectivity index (χ4n) is 3.56. The summed E-state index contributed by atoms with van der Waals surface area (Å²) < 4.78 is 38.1. The van der Waals surface area contributed by atoms with Crippen LogP contribution in [-0.2, 0) is 19.0 Å². The quantitative estimate of drug-likeness (QED) is 0.355. The van der Waals surface area contributed by atoms with E-state index in [1.165, 1.54) is 0 Å². The van der Waals surface area contributed by atoms with Crippen LogP contribution in [0.5, 0.6) is 5.75 Å². The highest BCUT2D eigenvalue weighted by Crippen LogP contribution is 2.30. The number of aromatic hydroxyl groups is 1. The lowest BCUT2D eigenvalue weighted by Crippen LogP contribution is -2.04. The third-order valence-corrected chi connectivity index (χ3v) is 5.33. The Bertz CT molecular complexity index is 1140. The number of alkyl halides is 3. The minimum Gasteiger partial charge on any atom is -0.508 e. The van der Waals surface area contributed by atoms with Gasteiger partial charge in [0.2, 0.25) is 0 Å². The van der Waals surface area contributed by atoms with Gasteiger partial charge in [0.15, 0.2) is 0 Å². The average Bonchev–Trinajstić information content (AvgIpc) is 2.78. The molecule has 4 aromatic carbocycles. The zero-order chi connectivity index (χ0) is 21.8. The fourth-order valence-corrected chi connectivity index (χ4v) is 3.56. The predicted octanol–water partition coefficient (Wildman–Crippen LogP) is 7.53. The van der Waals surface area contributed by atoms with E-state index in [-0.39, 0.29) is 5.75 Å². The van der Waals surface area contributed by atoms with Crippen LogP contribution < -0.4 is 0 Å². The van der Waals surface area contributed by atoms with Gasteiger partial charge in [0.05, 0.1) is 5.56 Å². The first-order valence-electron chi connectivity index (χ1n) is 10.0. The van der Waals surface area contributed by atoms with Crippen LogP contribution in [0.2, 0.25) is 0 Å². The van der Waals surface area contributed by atoms with E-state index in [1.807, 2.05) is 24.3 Å². The first-order valence-corrected chi connectivity index (χ1v) is 10.0. The molecular formula is C27H21F3O. The SMILES string of the molecule is Oc1ccc(-c2ccc(-c3cccc(CCc4ccc(C(F)(F)F)cc4)c3)cc2)cc1. The highest BCUT2D eigenvalue weighted by molar-refractivity contribution is 5.71. The molecule has 1 nitrogen and oxygen atoms in total. The van der Waals surface area contributed by atoms with Crippen LogP contribution >= 0.6 is 0 Å². The highest BCUT2D eigenvalue weighted by Gasteiger charge is 2.29. The predicted molar refractivity (Wildman–Crippen MR) is 118 cm³/mol. The van der Waals surface area contributed by atoms with Crippen molar-refractivity contribution in [2.45, 2.75) is 19.0 Å². The Morgan fingerprint density at radius 3 is 1.65 bits per heavy atom. The van der Waals surface area contributed by atoms with Gasteiger partial charge in [0.1, 0.15) is 5.75 Å². The molecule has 4 aromatic rings. The van der Waals surface area contributed by atoms with Gasteiger partial charge < -0.3 is 5.11 Å². The van der Waals surface area contributed by atoms with Gasteiger partial charge in [-0.1, -0.05) is 72.8 Å². The van der Waals surface area contributed by atoms with Crippen molar-refractivity contribution in [2.24, 2.45) is 0 Å². The maximum absolute atomic E-state index is 12.7. The summed E-state index contributed by atoms with van der Waals surface area (Å²) >= 11 is 0. The van der Waals surface area contributed by atoms with Gasteiger partial charge in [-0.3, -0.25) is 0 Å². The van der Waals surface area contributed by atoms with Crippen LogP contribution in [-0.4, -0.2) is 5.11 Å². The molecule has 0 atom stereocenters. The molecule has 0 unspecified atom stereocenters. The molecule has 0 bridgehead atoms. The Morgan fingerprint density at radius 1 is 0.548 bits per heavy atom. The summed E-state index contributed by atoms with van der Waals surface area (Å²) in [5, 5.41) is 9.44. The molecule has 31 heavy (non-hydrogen) atoms. The van der Waals surface area contributed by atoms with Crippen molar-refractivity contribution in [2.75, 3.05) is 0 Å². The lowest BCUT2D eigenvalue weighted by molar-refractivity contribution is -0.137. The van der Waals surface area contributed by atoms with Crippen molar-refractivity contribution in [3.63, 3.8) is 0 Å². The molecule has 0 radical (unpaired) electrons. The topological polar surface area (TPSA) is 20.2 Å². The molecule has 0 spiro atoms. The van der Waals surface area contributed by atoms with Crippen LogP contribution in [0.3, 0.4) is 0 Å². The van der Waals surface area contributed by atoms with Gasteiger partial charge in [0.25, 0.3) is 0 Å². The molecule has 0 aliphatic carbocycles. The van der Waals surface area contributed by atoms with Gasteiger partial charge in [-0.15, -0.1) is 0 Å².